The van der Waals surface area contributed by atoms with Crippen molar-refractivity contribution in [1.29, 1.82) is 0 Å². The van der Waals surface area contributed by atoms with Gasteiger partial charge in [-0.2, -0.15) is 4.98 Å². The van der Waals surface area contributed by atoms with Crippen molar-refractivity contribution in [3.8, 4) is 11.3 Å². The molecule has 0 atom stereocenters. The van der Waals surface area contributed by atoms with Crippen molar-refractivity contribution in [2.24, 2.45) is 5.41 Å². The molecule has 7 heteroatoms. The van der Waals surface area contributed by atoms with Crippen molar-refractivity contribution in [2.75, 3.05) is 37.8 Å². The van der Waals surface area contributed by atoms with Gasteiger partial charge in [-0.05, 0) is 43.2 Å². The lowest BCUT2D eigenvalue weighted by atomic mass is 9.74. The Kier molecular flexibility index (Phi) is 4.70. The van der Waals surface area contributed by atoms with E-state index in [0.717, 1.165) is 51.1 Å². The molecule has 0 radical (unpaired) electrons. The van der Waals surface area contributed by atoms with Crippen LogP contribution in [0.5, 0.6) is 0 Å². The summed E-state index contributed by atoms with van der Waals surface area (Å²) >= 11 is 0. The summed E-state index contributed by atoms with van der Waals surface area (Å²) in [6, 6.07) is 9.12. The minimum absolute atomic E-state index is 0.0915. The smallest absolute Gasteiger partial charge is 0.253 e. The highest BCUT2D eigenvalue weighted by Crippen LogP contribution is 2.39. The molecular formula is C20H25N5O2. The summed E-state index contributed by atoms with van der Waals surface area (Å²) < 4.78 is 5.52. The van der Waals surface area contributed by atoms with Gasteiger partial charge in [-0.3, -0.25) is 4.79 Å². The van der Waals surface area contributed by atoms with Gasteiger partial charge in [0.25, 0.3) is 5.91 Å². The topological polar surface area (TPSA) is 107 Å². The van der Waals surface area contributed by atoms with Crippen LogP contribution < -0.4 is 11.5 Å². The third kappa shape index (κ3) is 3.73. The second-order valence-corrected chi connectivity index (χ2v) is 7.56. The maximum atomic E-state index is 13.0. The molecular weight excluding hydrogens is 342 g/mol. The van der Waals surface area contributed by atoms with E-state index in [0.29, 0.717) is 17.1 Å². The van der Waals surface area contributed by atoms with Crippen molar-refractivity contribution in [3.05, 3.63) is 35.9 Å². The Hall–Kier alpha value is -2.67. The Morgan fingerprint density at radius 3 is 2.52 bits per heavy atom. The molecule has 27 heavy (non-hydrogen) atoms. The molecule has 0 unspecified atom stereocenters. The standard InChI is InChI=1S/C20H25N5O2/c21-17-12-16(23-19(22)24-17)14-2-4-15(5-3-14)18(26)25-9-1-6-20(13-25)7-10-27-11-8-20/h2-5,12H,1,6-11,13H2,(H4,21,22,23,24). The summed E-state index contributed by atoms with van der Waals surface area (Å²) in [5.41, 5.74) is 13.8. The summed E-state index contributed by atoms with van der Waals surface area (Å²) in [4.78, 5) is 23.1. The van der Waals surface area contributed by atoms with Gasteiger partial charge in [0, 0.05) is 43.5 Å². The normalized spacial score (nSPS) is 19.2. The average Bonchev–Trinajstić information content (AvgIpc) is 2.67. The van der Waals surface area contributed by atoms with Crippen LogP contribution in [0, 0.1) is 5.41 Å². The number of nitrogens with zero attached hydrogens (tertiary/aromatic N) is 3. The van der Waals surface area contributed by atoms with Gasteiger partial charge < -0.3 is 21.1 Å². The van der Waals surface area contributed by atoms with Crippen LogP contribution in [-0.4, -0.2) is 47.1 Å². The highest BCUT2D eigenvalue weighted by Gasteiger charge is 2.38. The maximum Gasteiger partial charge on any atom is 0.253 e. The minimum atomic E-state index is 0.0915. The summed E-state index contributed by atoms with van der Waals surface area (Å²) in [5, 5.41) is 0. The quantitative estimate of drug-likeness (QED) is 0.843. The number of piperidine rings is 1. The number of hydrogen-bond acceptors (Lipinski definition) is 6. The minimum Gasteiger partial charge on any atom is -0.384 e. The molecule has 2 aliphatic rings. The summed E-state index contributed by atoms with van der Waals surface area (Å²) in [5.74, 6) is 0.557. The zero-order chi connectivity index (χ0) is 18.9. The van der Waals surface area contributed by atoms with E-state index < -0.39 is 0 Å². The lowest BCUT2D eigenvalue weighted by molar-refractivity contribution is -0.0229. The molecule has 1 aromatic heterocycles. The van der Waals surface area contributed by atoms with Crippen LogP contribution in [0.15, 0.2) is 30.3 Å². The third-order valence-electron chi connectivity index (χ3n) is 5.69. The number of likely N-dealkylation sites (tertiary alicyclic amines) is 1. The van der Waals surface area contributed by atoms with E-state index in [-0.39, 0.29) is 17.3 Å². The van der Waals surface area contributed by atoms with Crippen molar-refractivity contribution in [1.82, 2.24) is 14.9 Å². The van der Waals surface area contributed by atoms with Crippen LogP contribution in [-0.2, 0) is 4.74 Å². The molecule has 0 saturated carbocycles. The SMILES string of the molecule is Nc1cc(-c2ccc(C(=O)N3CCCC4(CCOCC4)C3)cc2)nc(N)n1. The first kappa shape index (κ1) is 17.7. The number of carbonyl (C=O) groups excluding carboxylic acids is 1. The second kappa shape index (κ2) is 7.15. The number of aromatic nitrogens is 2. The lowest BCUT2D eigenvalue weighted by Crippen LogP contribution is -2.48. The Labute approximate surface area is 158 Å². The van der Waals surface area contributed by atoms with Crippen molar-refractivity contribution in [3.63, 3.8) is 0 Å². The third-order valence-corrected chi connectivity index (χ3v) is 5.69. The summed E-state index contributed by atoms with van der Waals surface area (Å²) in [6.45, 7) is 3.27. The average molecular weight is 367 g/mol. The van der Waals surface area contributed by atoms with E-state index in [1.165, 1.54) is 6.42 Å². The van der Waals surface area contributed by atoms with Crippen LogP contribution in [0.3, 0.4) is 0 Å². The summed E-state index contributed by atoms with van der Waals surface area (Å²) in [6.07, 6.45) is 4.34. The van der Waals surface area contributed by atoms with Crippen LogP contribution in [0.1, 0.15) is 36.0 Å². The van der Waals surface area contributed by atoms with E-state index >= 15 is 0 Å². The molecule has 1 spiro atoms. The first-order valence-corrected chi connectivity index (χ1v) is 9.42. The van der Waals surface area contributed by atoms with Gasteiger partial charge in [0.05, 0.1) is 5.69 Å². The monoisotopic (exact) mass is 367 g/mol. The van der Waals surface area contributed by atoms with E-state index in [1.54, 1.807) is 6.07 Å². The predicted molar refractivity (Wildman–Crippen MR) is 104 cm³/mol. The van der Waals surface area contributed by atoms with Crippen molar-refractivity contribution >= 4 is 17.7 Å². The molecule has 3 heterocycles. The van der Waals surface area contributed by atoms with Crippen molar-refractivity contribution < 1.29 is 9.53 Å². The Bertz CT molecular complexity index is 805. The van der Waals surface area contributed by atoms with E-state index in [4.69, 9.17) is 16.2 Å². The number of anilines is 2. The molecule has 0 bridgehead atoms. The van der Waals surface area contributed by atoms with Crippen LogP contribution in [0.25, 0.3) is 11.3 Å². The number of ether oxygens (including phenoxy) is 1. The maximum absolute atomic E-state index is 13.0. The molecule has 2 aliphatic heterocycles. The Balaban J connectivity index is 1.50. The highest BCUT2D eigenvalue weighted by atomic mass is 16.5. The van der Waals surface area contributed by atoms with E-state index in [9.17, 15) is 4.79 Å². The molecule has 1 amide bonds. The number of benzene rings is 1. The molecule has 2 aromatic rings. The predicted octanol–water partition coefficient (Wildman–Crippen LogP) is 2.34. The number of nitrogen functional groups attached to an aromatic ring is 2. The molecule has 2 fully saturated rings. The molecule has 2 saturated heterocycles. The van der Waals surface area contributed by atoms with Gasteiger partial charge in [0.15, 0.2) is 0 Å². The van der Waals surface area contributed by atoms with Gasteiger partial charge >= 0.3 is 0 Å². The zero-order valence-corrected chi connectivity index (χ0v) is 15.4. The molecule has 4 rings (SSSR count). The highest BCUT2D eigenvalue weighted by molar-refractivity contribution is 5.94. The van der Waals surface area contributed by atoms with Gasteiger partial charge in [0.1, 0.15) is 5.82 Å². The van der Waals surface area contributed by atoms with Gasteiger partial charge in [-0.15, -0.1) is 0 Å². The molecule has 142 valence electrons. The Morgan fingerprint density at radius 2 is 1.81 bits per heavy atom. The molecule has 4 N–H and O–H groups in total. The van der Waals surface area contributed by atoms with E-state index in [1.807, 2.05) is 29.2 Å². The first-order valence-electron chi connectivity index (χ1n) is 9.42. The second-order valence-electron chi connectivity index (χ2n) is 7.56. The van der Waals surface area contributed by atoms with Crippen molar-refractivity contribution in [2.45, 2.75) is 25.7 Å². The number of hydrogen-bond donors (Lipinski definition) is 2. The van der Waals surface area contributed by atoms with Gasteiger partial charge in [-0.25, -0.2) is 4.98 Å². The van der Waals surface area contributed by atoms with Crippen LogP contribution >= 0.6 is 0 Å². The summed E-state index contributed by atoms with van der Waals surface area (Å²) in [7, 11) is 0. The van der Waals surface area contributed by atoms with E-state index in [2.05, 4.69) is 9.97 Å². The number of nitrogens with two attached hydrogens (primary N) is 2. The fourth-order valence-electron chi connectivity index (χ4n) is 4.19. The van der Waals surface area contributed by atoms with Gasteiger partial charge in [0.2, 0.25) is 5.95 Å². The number of amides is 1. The van der Waals surface area contributed by atoms with Crippen LogP contribution in [0.4, 0.5) is 11.8 Å². The molecule has 0 aliphatic carbocycles. The fraction of sp³-hybridized carbons (Fsp3) is 0.450. The van der Waals surface area contributed by atoms with Gasteiger partial charge in [-0.1, -0.05) is 12.1 Å². The van der Waals surface area contributed by atoms with Crippen LogP contribution in [0.2, 0.25) is 0 Å². The largest absolute Gasteiger partial charge is 0.384 e. The molecule has 1 aromatic carbocycles. The first-order chi connectivity index (χ1) is 13.0. The molecule has 7 nitrogen and oxygen atoms in total. The lowest BCUT2D eigenvalue weighted by Gasteiger charge is -2.45. The fourth-order valence-corrected chi connectivity index (χ4v) is 4.19. The number of rotatable bonds is 2. The Morgan fingerprint density at radius 1 is 1.07 bits per heavy atom. The zero-order valence-electron chi connectivity index (χ0n) is 15.4. The number of carbonyl (C=O) groups is 1.